The van der Waals surface area contributed by atoms with Crippen LogP contribution >= 0.6 is 0 Å². The van der Waals surface area contributed by atoms with Crippen molar-refractivity contribution in [1.29, 1.82) is 0 Å². The molecule has 6 nitrogen and oxygen atoms in total. The van der Waals surface area contributed by atoms with Crippen LogP contribution in [0.2, 0.25) is 0 Å². The molecule has 0 N–H and O–H groups in total. The fourth-order valence-corrected chi connectivity index (χ4v) is 2.41. The second-order valence-corrected chi connectivity index (χ2v) is 6.82. The fourth-order valence-electron chi connectivity index (χ4n) is 2.41. The van der Waals surface area contributed by atoms with E-state index in [1.54, 1.807) is 0 Å². The fraction of sp³-hybridized carbons (Fsp3) is 0.800. The molecule has 0 spiro atoms. The van der Waals surface area contributed by atoms with Gasteiger partial charge in [0.1, 0.15) is 0 Å². The number of nitrogens with zero attached hydrogens (tertiary/aromatic N) is 3. The number of morpholine rings is 1. The van der Waals surface area contributed by atoms with Gasteiger partial charge < -0.3 is 14.2 Å². The third-order valence-electron chi connectivity index (χ3n) is 3.46. The summed E-state index contributed by atoms with van der Waals surface area (Å²) in [6.07, 6.45) is 1.06. The summed E-state index contributed by atoms with van der Waals surface area (Å²) < 4.78 is 10.8. The number of aromatic nitrogens is 2. The van der Waals surface area contributed by atoms with Crippen molar-refractivity contribution in [2.45, 2.75) is 65.1 Å². The van der Waals surface area contributed by atoms with Crippen LogP contribution in [0.1, 0.15) is 52.8 Å². The smallest absolute Gasteiger partial charge is 0.227 e. The van der Waals surface area contributed by atoms with E-state index >= 15 is 0 Å². The Kier molecular flexibility index (Phi) is 4.66. The van der Waals surface area contributed by atoms with Gasteiger partial charge in [0.05, 0.1) is 12.2 Å². The average molecular weight is 295 g/mol. The number of rotatable bonds is 3. The van der Waals surface area contributed by atoms with Gasteiger partial charge in [-0.1, -0.05) is 25.9 Å². The predicted molar refractivity (Wildman–Crippen MR) is 77.9 cm³/mol. The number of aryl methyl sites for hydroxylation is 1. The normalized spacial score (nSPS) is 23.4. The van der Waals surface area contributed by atoms with Crippen LogP contribution in [0.25, 0.3) is 0 Å². The third-order valence-corrected chi connectivity index (χ3v) is 3.46. The number of carbonyl (C=O) groups excluding carboxylic acids is 1. The molecule has 1 amide bonds. The summed E-state index contributed by atoms with van der Waals surface area (Å²) in [7, 11) is 0. The lowest BCUT2D eigenvalue weighted by Crippen LogP contribution is -2.48. The Labute approximate surface area is 125 Å². The molecule has 6 heteroatoms. The van der Waals surface area contributed by atoms with Crippen LogP contribution in [0.5, 0.6) is 0 Å². The van der Waals surface area contributed by atoms with Gasteiger partial charge in [-0.25, -0.2) is 0 Å². The van der Waals surface area contributed by atoms with Gasteiger partial charge in [0.15, 0.2) is 5.82 Å². The summed E-state index contributed by atoms with van der Waals surface area (Å²) in [6, 6.07) is 0. The second kappa shape index (κ2) is 6.13. The molecule has 0 radical (unpaired) electrons. The van der Waals surface area contributed by atoms with E-state index < -0.39 is 0 Å². The molecule has 2 heterocycles. The lowest BCUT2D eigenvalue weighted by molar-refractivity contribution is -0.143. The van der Waals surface area contributed by atoms with Crippen LogP contribution < -0.4 is 0 Å². The van der Waals surface area contributed by atoms with Gasteiger partial charge in [-0.2, -0.15) is 4.98 Å². The first kappa shape index (κ1) is 15.9. The van der Waals surface area contributed by atoms with Crippen LogP contribution in [0.15, 0.2) is 4.52 Å². The minimum Gasteiger partial charge on any atom is -0.372 e. The highest BCUT2D eigenvalue weighted by molar-refractivity contribution is 5.76. The van der Waals surface area contributed by atoms with Crippen LogP contribution in [-0.4, -0.2) is 46.2 Å². The molecular weight excluding hydrogens is 270 g/mol. The van der Waals surface area contributed by atoms with E-state index in [1.165, 1.54) is 0 Å². The number of ether oxygens (including phenoxy) is 1. The molecule has 1 aromatic heterocycles. The summed E-state index contributed by atoms with van der Waals surface area (Å²) in [4.78, 5) is 18.5. The molecule has 118 valence electrons. The lowest BCUT2D eigenvalue weighted by atomic mass is 9.96. The highest BCUT2D eigenvalue weighted by Crippen LogP contribution is 2.19. The molecule has 2 atom stereocenters. The molecule has 1 fully saturated rings. The van der Waals surface area contributed by atoms with Gasteiger partial charge in [0, 0.05) is 31.3 Å². The first-order valence-electron chi connectivity index (χ1n) is 7.52. The van der Waals surface area contributed by atoms with Crippen molar-refractivity contribution < 1.29 is 14.1 Å². The number of hydrogen-bond acceptors (Lipinski definition) is 5. The topological polar surface area (TPSA) is 68.5 Å². The molecule has 2 rings (SSSR count). The Balaban J connectivity index is 1.88. The van der Waals surface area contributed by atoms with Crippen LogP contribution in [-0.2, 0) is 21.4 Å². The number of amides is 1. The van der Waals surface area contributed by atoms with E-state index in [-0.39, 0.29) is 23.5 Å². The molecule has 0 aromatic carbocycles. The molecule has 1 saturated heterocycles. The predicted octanol–water partition coefficient (Wildman–Crippen LogP) is 1.94. The molecule has 0 aliphatic carbocycles. The van der Waals surface area contributed by atoms with Crippen molar-refractivity contribution in [3.63, 3.8) is 0 Å². The Morgan fingerprint density at radius 3 is 2.43 bits per heavy atom. The van der Waals surface area contributed by atoms with Crippen LogP contribution in [0, 0.1) is 0 Å². The second-order valence-electron chi connectivity index (χ2n) is 6.82. The average Bonchev–Trinajstić information content (AvgIpc) is 2.83. The highest BCUT2D eigenvalue weighted by atomic mass is 16.5. The van der Waals surface area contributed by atoms with Crippen molar-refractivity contribution in [1.82, 2.24) is 15.0 Å². The molecule has 0 saturated carbocycles. The summed E-state index contributed by atoms with van der Waals surface area (Å²) in [5.74, 6) is 1.33. The van der Waals surface area contributed by atoms with Crippen LogP contribution in [0.3, 0.4) is 0 Å². The first-order chi connectivity index (χ1) is 9.75. The minimum atomic E-state index is -0.138. The summed E-state index contributed by atoms with van der Waals surface area (Å²) in [5, 5.41) is 3.97. The summed E-state index contributed by atoms with van der Waals surface area (Å²) in [6.45, 7) is 11.4. The van der Waals surface area contributed by atoms with Gasteiger partial charge in [-0.3, -0.25) is 4.79 Å². The van der Waals surface area contributed by atoms with Gasteiger partial charge in [0.2, 0.25) is 11.8 Å². The zero-order valence-electron chi connectivity index (χ0n) is 13.5. The van der Waals surface area contributed by atoms with Crippen molar-refractivity contribution in [3.05, 3.63) is 11.7 Å². The summed E-state index contributed by atoms with van der Waals surface area (Å²) >= 11 is 0. The van der Waals surface area contributed by atoms with Gasteiger partial charge >= 0.3 is 0 Å². The van der Waals surface area contributed by atoms with Crippen molar-refractivity contribution in [3.8, 4) is 0 Å². The van der Waals surface area contributed by atoms with E-state index in [4.69, 9.17) is 9.26 Å². The van der Waals surface area contributed by atoms with E-state index in [0.717, 1.165) is 0 Å². The van der Waals surface area contributed by atoms with E-state index in [1.807, 2.05) is 39.5 Å². The maximum Gasteiger partial charge on any atom is 0.227 e. The minimum absolute atomic E-state index is 0.0913. The van der Waals surface area contributed by atoms with Crippen molar-refractivity contribution in [2.75, 3.05) is 13.1 Å². The highest BCUT2D eigenvalue weighted by Gasteiger charge is 2.26. The van der Waals surface area contributed by atoms with Gasteiger partial charge in [-0.15, -0.1) is 0 Å². The lowest BCUT2D eigenvalue weighted by Gasteiger charge is -2.35. The zero-order valence-corrected chi connectivity index (χ0v) is 13.5. The summed E-state index contributed by atoms with van der Waals surface area (Å²) in [5.41, 5.74) is -0.138. The third kappa shape index (κ3) is 4.27. The Morgan fingerprint density at radius 1 is 1.29 bits per heavy atom. The Hall–Kier alpha value is -1.43. The van der Waals surface area contributed by atoms with Crippen molar-refractivity contribution >= 4 is 5.91 Å². The first-order valence-corrected chi connectivity index (χ1v) is 7.52. The largest absolute Gasteiger partial charge is 0.372 e. The molecule has 0 bridgehead atoms. The number of hydrogen-bond donors (Lipinski definition) is 0. The molecular formula is C15H25N3O3. The van der Waals surface area contributed by atoms with Gasteiger partial charge in [0.25, 0.3) is 0 Å². The molecule has 21 heavy (non-hydrogen) atoms. The monoisotopic (exact) mass is 295 g/mol. The molecule has 1 aliphatic rings. The maximum absolute atomic E-state index is 12.2. The maximum atomic E-state index is 12.2. The molecule has 1 aliphatic heterocycles. The van der Waals surface area contributed by atoms with Crippen molar-refractivity contribution in [2.24, 2.45) is 0 Å². The van der Waals surface area contributed by atoms with E-state index in [0.29, 0.717) is 37.6 Å². The van der Waals surface area contributed by atoms with E-state index in [9.17, 15) is 4.79 Å². The van der Waals surface area contributed by atoms with E-state index in [2.05, 4.69) is 10.1 Å². The quantitative estimate of drug-likeness (QED) is 0.852. The number of carbonyl (C=O) groups is 1. The molecule has 1 aromatic rings. The SMILES string of the molecule is C[C@@H]1CN(C(=O)CCc2nc(C(C)(C)C)no2)C[C@H](C)O1. The van der Waals surface area contributed by atoms with Crippen LogP contribution in [0.4, 0.5) is 0 Å². The molecule has 0 unspecified atom stereocenters. The van der Waals surface area contributed by atoms with Gasteiger partial charge in [-0.05, 0) is 13.8 Å². The Bertz CT molecular complexity index is 483. The Morgan fingerprint density at radius 2 is 1.90 bits per heavy atom. The zero-order chi connectivity index (χ0) is 15.6. The standard InChI is InChI=1S/C15H25N3O3/c1-10-8-18(9-11(2)20-10)13(19)7-6-12-16-14(17-21-12)15(3,4)5/h10-11H,6-9H2,1-5H3/t10-,11+.